The lowest BCUT2D eigenvalue weighted by Crippen LogP contribution is -2.41. The Balaban J connectivity index is 1.86. The van der Waals surface area contributed by atoms with Crippen LogP contribution in [0.1, 0.15) is 50.5 Å². The minimum absolute atomic E-state index is 0.325. The second kappa shape index (κ2) is 7.81. The minimum Gasteiger partial charge on any atom is -0.462 e. The molecule has 160 valence electrons. The molecule has 1 heterocycles. The number of ether oxygens (including phenoxy) is 1. The highest BCUT2D eigenvalue weighted by Gasteiger charge is 2.52. The molecule has 0 aromatic heterocycles. The van der Waals surface area contributed by atoms with Crippen LogP contribution in [0.15, 0.2) is 54.6 Å². The summed E-state index contributed by atoms with van der Waals surface area (Å²) in [5.41, 5.74) is 3.85. The summed E-state index contributed by atoms with van der Waals surface area (Å²) < 4.78 is 17.9. The molecule has 4 nitrogen and oxygen atoms in total. The number of carbonyl (C=O) groups is 1. The minimum atomic E-state index is -0.563. The van der Waals surface area contributed by atoms with Crippen molar-refractivity contribution in [2.24, 2.45) is 0 Å². The van der Waals surface area contributed by atoms with E-state index in [0.29, 0.717) is 12.2 Å². The second-order valence-electron chi connectivity index (χ2n) is 9.18. The van der Waals surface area contributed by atoms with E-state index in [0.717, 1.165) is 27.4 Å². The van der Waals surface area contributed by atoms with Crippen molar-refractivity contribution in [3.8, 4) is 11.1 Å². The van der Waals surface area contributed by atoms with Crippen LogP contribution < -0.4 is 5.46 Å². The van der Waals surface area contributed by atoms with Crippen LogP contribution in [0.4, 0.5) is 0 Å². The number of esters is 1. The van der Waals surface area contributed by atoms with Gasteiger partial charge in [-0.15, -0.1) is 0 Å². The molecular weight excluding hydrogens is 387 g/mol. The molecule has 4 rings (SSSR count). The van der Waals surface area contributed by atoms with E-state index in [2.05, 4.69) is 49.4 Å². The zero-order valence-electron chi connectivity index (χ0n) is 19.1. The molecule has 1 aliphatic heterocycles. The Kier molecular flexibility index (Phi) is 5.44. The van der Waals surface area contributed by atoms with Crippen molar-refractivity contribution in [3.63, 3.8) is 0 Å². The van der Waals surface area contributed by atoms with Gasteiger partial charge in [-0.25, -0.2) is 4.79 Å². The molecule has 5 heteroatoms. The Morgan fingerprint density at radius 2 is 1.52 bits per heavy atom. The van der Waals surface area contributed by atoms with E-state index in [-0.39, 0.29) is 5.97 Å². The Labute approximate surface area is 184 Å². The van der Waals surface area contributed by atoms with Gasteiger partial charge in [-0.2, -0.15) is 0 Å². The molecule has 0 saturated carbocycles. The first kappa shape index (κ1) is 21.6. The van der Waals surface area contributed by atoms with E-state index in [1.54, 1.807) is 0 Å². The zero-order chi connectivity index (χ0) is 22.4. The Morgan fingerprint density at radius 3 is 2.13 bits per heavy atom. The fraction of sp³-hybridized carbons (Fsp3) is 0.346. The Bertz CT molecular complexity index is 1120. The summed E-state index contributed by atoms with van der Waals surface area (Å²) in [6.07, 6.45) is 0. The van der Waals surface area contributed by atoms with Crippen molar-refractivity contribution in [2.45, 2.75) is 52.7 Å². The van der Waals surface area contributed by atoms with Gasteiger partial charge in [-0.3, -0.25) is 0 Å². The molecule has 1 fully saturated rings. The number of hydrogen-bond acceptors (Lipinski definition) is 4. The summed E-state index contributed by atoms with van der Waals surface area (Å²) in [6.45, 7) is 12.3. The van der Waals surface area contributed by atoms with Crippen molar-refractivity contribution >= 4 is 29.3 Å². The van der Waals surface area contributed by atoms with Crippen LogP contribution in [-0.4, -0.2) is 30.9 Å². The largest absolute Gasteiger partial charge is 0.495 e. The van der Waals surface area contributed by atoms with Gasteiger partial charge >= 0.3 is 13.1 Å². The third kappa shape index (κ3) is 4.00. The summed E-state index contributed by atoms with van der Waals surface area (Å²) in [5.74, 6) is -0.345. The number of rotatable bonds is 4. The highest BCUT2D eigenvalue weighted by molar-refractivity contribution is 6.65. The monoisotopic (exact) mass is 416 g/mol. The van der Waals surface area contributed by atoms with Crippen molar-refractivity contribution in [3.05, 3.63) is 65.7 Å². The number of aryl methyl sites for hydroxylation is 1. The lowest BCUT2D eigenvalue weighted by Gasteiger charge is -2.32. The van der Waals surface area contributed by atoms with Crippen molar-refractivity contribution < 1.29 is 18.8 Å². The van der Waals surface area contributed by atoms with Crippen LogP contribution >= 0.6 is 0 Å². The van der Waals surface area contributed by atoms with Crippen molar-refractivity contribution in [1.29, 1.82) is 0 Å². The fourth-order valence-corrected chi connectivity index (χ4v) is 3.82. The molecule has 3 aromatic rings. The quantitative estimate of drug-likeness (QED) is 0.428. The van der Waals surface area contributed by atoms with Crippen LogP contribution in [0.25, 0.3) is 21.9 Å². The first-order chi connectivity index (χ1) is 14.6. The molecule has 0 amide bonds. The molecule has 0 N–H and O–H groups in total. The molecule has 0 unspecified atom stereocenters. The molecule has 1 saturated heterocycles. The Morgan fingerprint density at radius 1 is 0.903 bits per heavy atom. The van der Waals surface area contributed by atoms with Gasteiger partial charge in [0.15, 0.2) is 0 Å². The van der Waals surface area contributed by atoms with Gasteiger partial charge in [-0.1, -0.05) is 42.0 Å². The number of hydrogen-bond donors (Lipinski definition) is 0. The topological polar surface area (TPSA) is 44.8 Å². The maximum atomic E-state index is 12.6. The summed E-state index contributed by atoms with van der Waals surface area (Å²) >= 11 is 0. The molecule has 3 aromatic carbocycles. The van der Waals surface area contributed by atoms with Crippen molar-refractivity contribution in [1.82, 2.24) is 0 Å². The van der Waals surface area contributed by atoms with E-state index in [1.807, 2.05) is 46.8 Å². The maximum absolute atomic E-state index is 12.6. The molecule has 0 aliphatic carbocycles. The average Bonchev–Trinajstić information content (AvgIpc) is 2.94. The number of carbonyl (C=O) groups excluding carboxylic acids is 1. The summed E-state index contributed by atoms with van der Waals surface area (Å²) in [4.78, 5) is 12.6. The zero-order valence-corrected chi connectivity index (χ0v) is 19.1. The lowest BCUT2D eigenvalue weighted by atomic mass is 9.75. The SMILES string of the molecule is CCOC(=O)c1cc(B2OC(C)(C)C(C)(C)O2)c2ccc(-c3ccc(C)cc3)cc2c1. The predicted molar refractivity (Wildman–Crippen MR) is 126 cm³/mol. The molecule has 0 spiro atoms. The molecule has 1 aliphatic rings. The van der Waals surface area contributed by atoms with Crippen LogP contribution in [0.3, 0.4) is 0 Å². The first-order valence-corrected chi connectivity index (χ1v) is 10.8. The summed E-state index contributed by atoms with van der Waals surface area (Å²) in [6, 6.07) is 18.5. The molecular formula is C26H29BO4. The fourth-order valence-electron chi connectivity index (χ4n) is 3.82. The van der Waals surface area contributed by atoms with Crippen LogP contribution in [0.2, 0.25) is 0 Å². The average molecular weight is 416 g/mol. The van der Waals surface area contributed by atoms with E-state index >= 15 is 0 Å². The van der Waals surface area contributed by atoms with E-state index in [9.17, 15) is 4.79 Å². The van der Waals surface area contributed by atoms with E-state index < -0.39 is 18.3 Å². The van der Waals surface area contributed by atoms with Gasteiger partial charge < -0.3 is 14.0 Å². The van der Waals surface area contributed by atoms with E-state index in [4.69, 9.17) is 14.0 Å². The van der Waals surface area contributed by atoms with E-state index in [1.165, 1.54) is 5.56 Å². The van der Waals surface area contributed by atoms with Gasteiger partial charge in [0, 0.05) is 0 Å². The van der Waals surface area contributed by atoms with Gasteiger partial charge in [0.1, 0.15) is 0 Å². The van der Waals surface area contributed by atoms with Gasteiger partial charge in [0.05, 0.1) is 23.4 Å². The first-order valence-electron chi connectivity index (χ1n) is 10.8. The van der Waals surface area contributed by atoms with Gasteiger partial charge in [-0.05, 0) is 87.1 Å². The number of benzene rings is 3. The normalized spacial score (nSPS) is 17.2. The third-order valence-electron chi connectivity index (χ3n) is 6.39. The van der Waals surface area contributed by atoms with Crippen LogP contribution in [0, 0.1) is 6.92 Å². The summed E-state index contributed by atoms with van der Waals surface area (Å²) in [7, 11) is -0.563. The van der Waals surface area contributed by atoms with Crippen LogP contribution in [0.5, 0.6) is 0 Å². The smallest absolute Gasteiger partial charge is 0.462 e. The van der Waals surface area contributed by atoms with Gasteiger partial charge in [0.25, 0.3) is 0 Å². The molecule has 0 bridgehead atoms. The molecule has 0 radical (unpaired) electrons. The maximum Gasteiger partial charge on any atom is 0.495 e. The van der Waals surface area contributed by atoms with Crippen LogP contribution in [-0.2, 0) is 14.0 Å². The highest BCUT2D eigenvalue weighted by atomic mass is 16.7. The standard InChI is InChI=1S/C26H29BO4/c1-7-29-24(28)21-15-20-14-19(18-10-8-17(2)9-11-18)12-13-22(20)23(16-21)27-30-25(3,4)26(5,6)31-27/h8-16H,7H2,1-6H3. The highest BCUT2D eigenvalue weighted by Crippen LogP contribution is 2.37. The number of fused-ring (bicyclic) bond motifs is 1. The summed E-state index contributed by atoms with van der Waals surface area (Å²) in [5, 5.41) is 1.95. The van der Waals surface area contributed by atoms with Crippen molar-refractivity contribution in [2.75, 3.05) is 6.61 Å². The second-order valence-corrected chi connectivity index (χ2v) is 9.18. The molecule has 0 atom stereocenters. The van der Waals surface area contributed by atoms with Gasteiger partial charge in [0.2, 0.25) is 0 Å². The lowest BCUT2D eigenvalue weighted by molar-refractivity contribution is 0.00578. The Hall–Kier alpha value is -2.63. The third-order valence-corrected chi connectivity index (χ3v) is 6.39. The molecule has 31 heavy (non-hydrogen) atoms. The predicted octanol–water partition coefficient (Wildman–Crippen LogP) is 5.29.